The van der Waals surface area contributed by atoms with Crippen molar-refractivity contribution < 1.29 is 19.1 Å². The molecule has 17 heavy (non-hydrogen) atoms. The Morgan fingerprint density at radius 2 is 2.18 bits per heavy atom. The lowest BCUT2D eigenvalue weighted by atomic mass is 10.1. The fourth-order valence-corrected chi connectivity index (χ4v) is 2.16. The summed E-state index contributed by atoms with van der Waals surface area (Å²) in [4.78, 5) is 24.5. The van der Waals surface area contributed by atoms with Crippen LogP contribution in [0, 0.1) is 19.8 Å². The van der Waals surface area contributed by atoms with E-state index in [9.17, 15) is 9.59 Å². The highest BCUT2D eigenvalue weighted by Gasteiger charge is 2.32. The summed E-state index contributed by atoms with van der Waals surface area (Å²) in [6.45, 7) is 4.32. The van der Waals surface area contributed by atoms with E-state index in [1.54, 1.807) is 24.8 Å². The smallest absolute Gasteiger partial charge is 0.308 e. The van der Waals surface area contributed by atoms with E-state index in [0.29, 0.717) is 30.0 Å². The van der Waals surface area contributed by atoms with E-state index in [1.807, 2.05) is 0 Å². The zero-order valence-electron chi connectivity index (χ0n) is 9.90. The summed E-state index contributed by atoms with van der Waals surface area (Å²) < 4.78 is 5.31. The predicted molar refractivity (Wildman–Crippen MR) is 59.8 cm³/mol. The van der Waals surface area contributed by atoms with Crippen LogP contribution in [0.2, 0.25) is 0 Å². The van der Waals surface area contributed by atoms with E-state index >= 15 is 0 Å². The molecule has 2 rings (SSSR count). The molecule has 1 unspecified atom stereocenters. The summed E-state index contributed by atoms with van der Waals surface area (Å²) in [6.07, 6.45) is 0.525. The van der Waals surface area contributed by atoms with Gasteiger partial charge in [-0.1, -0.05) is 0 Å². The van der Waals surface area contributed by atoms with Crippen molar-refractivity contribution in [3.8, 4) is 0 Å². The number of rotatable bonds is 2. The van der Waals surface area contributed by atoms with Gasteiger partial charge in [0.1, 0.15) is 11.5 Å². The average Bonchev–Trinajstić information content (AvgIpc) is 2.84. The van der Waals surface area contributed by atoms with Crippen molar-refractivity contribution >= 4 is 11.9 Å². The SMILES string of the molecule is Cc1cc(C(=O)N2CCC(C(=O)O)C2)c(C)o1. The molecule has 1 N–H and O–H groups in total. The van der Waals surface area contributed by atoms with Gasteiger partial charge in [0.15, 0.2) is 0 Å². The molecule has 1 saturated heterocycles. The van der Waals surface area contributed by atoms with Crippen molar-refractivity contribution in [3.05, 3.63) is 23.2 Å². The number of hydrogen-bond donors (Lipinski definition) is 1. The molecular weight excluding hydrogens is 222 g/mol. The first-order valence-corrected chi connectivity index (χ1v) is 5.58. The van der Waals surface area contributed by atoms with Gasteiger partial charge in [-0.05, 0) is 26.3 Å². The second-order valence-electron chi connectivity index (χ2n) is 4.40. The maximum absolute atomic E-state index is 12.1. The van der Waals surface area contributed by atoms with Crippen molar-refractivity contribution in [3.63, 3.8) is 0 Å². The highest BCUT2D eigenvalue weighted by Crippen LogP contribution is 2.22. The zero-order chi connectivity index (χ0) is 12.6. The maximum Gasteiger partial charge on any atom is 0.308 e. The Hall–Kier alpha value is -1.78. The van der Waals surface area contributed by atoms with Crippen LogP contribution in [-0.2, 0) is 4.79 Å². The van der Waals surface area contributed by atoms with Gasteiger partial charge in [-0.15, -0.1) is 0 Å². The van der Waals surface area contributed by atoms with Crippen LogP contribution >= 0.6 is 0 Å². The van der Waals surface area contributed by atoms with Crippen molar-refractivity contribution in [2.24, 2.45) is 5.92 Å². The predicted octanol–water partition coefficient (Wildman–Crippen LogP) is 1.44. The molecule has 0 aromatic carbocycles. The van der Waals surface area contributed by atoms with Crippen LogP contribution in [0.4, 0.5) is 0 Å². The first kappa shape index (κ1) is 11.7. The second kappa shape index (κ2) is 4.24. The summed E-state index contributed by atoms with van der Waals surface area (Å²) in [7, 11) is 0. The minimum Gasteiger partial charge on any atom is -0.481 e. The molecule has 5 heteroatoms. The summed E-state index contributed by atoms with van der Waals surface area (Å²) in [5.41, 5.74) is 0.536. The summed E-state index contributed by atoms with van der Waals surface area (Å²) >= 11 is 0. The Kier molecular flexibility index (Phi) is 2.92. The molecule has 2 heterocycles. The number of likely N-dealkylation sites (tertiary alicyclic amines) is 1. The Labute approximate surface area is 99.0 Å². The molecule has 1 atom stereocenters. The van der Waals surface area contributed by atoms with Crippen molar-refractivity contribution in [2.75, 3.05) is 13.1 Å². The molecule has 0 saturated carbocycles. The van der Waals surface area contributed by atoms with E-state index < -0.39 is 11.9 Å². The van der Waals surface area contributed by atoms with Crippen molar-refractivity contribution in [2.45, 2.75) is 20.3 Å². The molecule has 1 aliphatic rings. The van der Waals surface area contributed by atoms with Crippen molar-refractivity contribution in [1.29, 1.82) is 0 Å². The Bertz CT molecular complexity index is 463. The van der Waals surface area contributed by atoms with Gasteiger partial charge in [-0.2, -0.15) is 0 Å². The molecule has 1 aromatic rings. The number of carbonyl (C=O) groups excluding carboxylic acids is 1. The van der Waals surface area contributed by atoms with Gasteiger partial charge in [-0.25, -0.2) is 0 Å². The van der Waals surface area contributed by atoms with Gasteiger partial charge >= 0.3 is 5.97 Å². The van der Waals surface area contributed by atoms with Crippen LogP contribution in [0.25, 0.3) is 0 Å². The number of hydrogen-bond acceptors (Lipinski definition) is 3. The highest BCUT2D eigenvalue weighted by atomic mass is 16.4. The first-order chi connectivity index (χ1) is 7.99. The van der Waals surface area contributed by atoms with Gasteiger partial charge < -0.3 is 14.4 Å². The summed E-state index contributed by atoms with van der Waals surface area (Å²) in [5, 5.41) is 8.89. The minimum absolute atomic E-state index is 0.136. The number of nitrogens with zero attached hydrogens (tertiary/aromatic N) is 1. The first-order valence-electron chi connectivity index (χ1n) is 5.58. The third-order valence-corrected chi connectivity index (χ3v) is 3.10. The Morgan fingerprint density at radius 3 is 2.65 bits per heavy atom. The van der Waals surface area contributed by atoms with E-state index in [2.05, 4.69) is 0 Å². The monoisotopic (exact) mass is 237 g/mol. The highest BCUT2D eigenvalue weighted by molar-refractivity contribution is 5.95. The topological polar surface area (TPSA) is 70.8 Å². The summed E-state index contributed by atoms with van der Waals surface area (Å²) in [5.74, 6) is -0.123. The van der Waals surface area contributed by atoms with E-state index in [4.69, 9.17) is 9.52 Å². The van der Waals surface area contributed by atoms with Crippen LogP contribution < -0.4 is 0 Å². The van der Waals surface area contributed by atoms with Gasteiger partial charge in [0, 0.05) is 13.1 Å². The minimum atomic E-state index is -0.833. The number of carbonyl (C=O) groups is 2. The van der Waals surface area contributed by atoms with Gasteiger partial charge in [0.2, 0.25) is 0 Å². The standard InChI is InChI=1S/C12H15NO4/c1-7-5-10(8(2)17-7)11(14)13-4-3-9(6-13)12(15)16/h5,9H,3-4,6H2,1-2H3,(H,15,16). The fourth-order valence-electron chi connectivity index (χ4n) is 2.16. The fraction of sp³-hybridized carbons (Fsp3) is 0.500. The largest absolute Gasteiger partial charge is 0.481 e. The van der Waals surface area contributed by atoms with E-state index in [-0.39, 0.29) is 12.5 Å². The third-order valence-electron chi connectivity index (χ3n) is 3.10. The molecule has 1 fully saturated rings. The number of aryl methyl sites for hydroxylation is 2. The molecule has 0 spiro atoms. The molecule has 5 nitrogen and oxygen atoms in total. The van der Waals surface area contributed by atoms with Crippen LogP contribution in [-0.4, -0.2) is 35.0 Å². The molecule has 0 radical (unpaired) electrons. The second-order valence-corrected chi connectivity index (χ2v) is 4.40. The van der Waals surface area contributed by atoms with E-state index in [0.717, 1.165) is 0 Å². The molecule has 0 aliphatic carbocycles. The number of carboxylic acids is 1. The number of furan rings is 1. The van der Waals surface area contributed by atoms with Crippen LogP contribution in [0.15, 0.2) is 10.5 Å². The number of aliphatic carboxylic acids is 1. The molecule has 1 aromatic heterocycles. The lowest BCUT2D eigenvalue weighted by molar-refractivity contribution is -0.141. The van der Waals surface area contributed by atoms with Crippen molar-refractivity contribution in [1.82, 2.24) is 4.90 Å². The number of carboxylic acid groups (broad SMARTS) is 1. The lowest BCUT2D eigenvalue weighted by Gasteiger charge is -2.14. The molecule has 1 amide bonds. The van der Waals surface area contributed by atoms with Crippen LogP contribution in [0.5, 0.6) is 0 Å². The normalized spacial score (nSPS) is 19.6. The molecule has 92 valence electrons. The lowest BCUT2D eigenvalue weighted by Crippen LogP contribution is -2.30. The van der Waals surface area contributed by atoms with Crippen LogP contribution in [0.3, 0.4) is 0 Å². The third kappa shape index (κ3) is 2.18. The zero-order valence-corrected chi connectivity index (χ0v) is 9.90. The molecule has 1 aliphatic heterocycles. The van der Waals surface area contributed by atoms with Gasteiger partial charge in [0.05, 0.1) is 11.5 Å². The Morgan fingerprint density at radius 1 is 1.47 bits per heavy atom. The van der Waals surface area contributed by atoms with Crippen LogP contribution in [0.1, 0.15) is 28.3 Å². The average molecular weight is 237 g/mol. The molecular formula is C12H15NO4. The molecule has 0 bridgehead atoms. The summed E-state index contributed by atoms with van der Waals surface area (Å²) in [6, 6.07) is 1.70. The maximum atomic E-state index is 12.1. The van der Waals surface area contributed by atoms with Gasteiger partial charge in [0.25, 0.3) is 5.91 Å². The van der Waals surface area contributed by atoms with E-state index in [1.165, 1.54) is 0 Å². The quantitative estimate of drug-likeness (QED) is 0.845. The van der Waals surface area contributed by atoms with Gasteiger partial charge in [-0.3, -0.25) is 9.59 Å². The Balaban J connectivity index is 2.12. The number of amides is 1.